The van der Waals surface area contributed by atoms with E-state index in [1.54, 1.807) is 25.1 Å². The molecule has 102 valence electrons. The predicted octanol–water partition coefficient (Wildman–Crippen LogP) is 2.43. The number of nitrogen functional groups attached to an aromatic ring is 1. The van der Waals surface area contributed by atoms with Gasteiger partial charge in [-0.15, -0.1) is 11.3 Å². The van der Waals surface area contributed by atoms with Crippen LogP contribution in [0.4, 0.5) is 5.69 Å². The SMILES string of the molecule is Cc1ccsc1CNS(=O)(=O)c1c(C)cccc1N. The molecule has 0 aliphatic heterocycles. The summed E-state index contributed by atoms with van der Waals surface area (Å²) in [4.78, 5) is 1.18. The zero-order chi connectivity index (χ0) is 14.0. The van der Waals surface area contributed by atoms with Gasteiger partial charge in [0.2, 0.25) is 10.0 Å². The van der Waals surface area contributed by atoms with Crippen molar-refractivity contribution in [2.45, 2.75) is 25.3 Å². The molecule has 0 unspecified atom stereocenters. The lowest BCUT2D eigenvalue weighted by molar-refractivity contribution is 0.581. The maximum atomic E-state index is 12.3. The van der Waals surface area contributed by atoms with Gasteiger partial charge in [0.25, 0.3) is 0 Å². The fourth-order valence-electron chi connectivity index (χ4n) is 1.86. The molecule has 0 radical (unpaired) electrons. The fourth-order valence-corrected chi connectivity index (χ4v) is 4.15. The quantitative estimate of drug-likeness (QED) is 0.851. The molecule has 0 saturated heterocycles. The first-order valence-corrected chi connectivity index (χ1v) is 8.16. The molecule has 0 saturated carbocycles. The second kappa shape index (κ2) is 5.32. The second-order valence-electron chi connectivity index (χ2n) is 4.34. The van der Waals surface area contributed by atoms with Gasteiger partial charge in [-0.2, -0.15) is 0 Å². The van der Waals surface area contributed by atoms with Gasteiger partial charge >= 0.3 is 0 Å². The summed E-state index contributed by atoms with van der Waals surface area (Å²) in [5.41, 5.74) is 7.78. The standard InChI is InChI=1S/C13H16N2O2S2/c1-9-6-7-18-12(9)8-15-19(16,17)13-10(2)4-3-5-11(13)14/h3-7,15H,8,14H2,1-2H3. The minimum atomic E-state index is -3.58. The Balaban J connectivity index is 2.26. The first-order valence-electron chi connectivity index (χ1n) is 5.79. The highest BCUT2D eigenvalue weighted by atomic mass is 32.2. The Kier molecular flexibility index (Phi) is 3.93. The molecular formula is C13H16N2O2S2. The van der Waals surface area contributed by atoms with Crippen molar-refractivity contribution >= 4 is 27.0 Å². The average Bonchev–Trinajstić information content (AvgIpc) is 2.72. The molecule has 0 aliphatic carbocycles. The number of hydrogen-bond acceptors (Lipinski definition) is 4. The Morgan fingerprint density at radius 2 is 1.95 bits per heavy atom. The molecule has 1 aromatic heterocycles. The molecule has 2 aromatic rings. The smallest absolute Gasteiger partial charge is 0.243 e. The lowest BCUT2D eigenvalue weighted by atomic mass is 10.2. The van der Waals surface area contributed by atoms with Crippen LogP contribution in [0, 0.1) is 13.8 Å². The largest absolute Gasteiger partial charge is 0.398 e. The van der Waals surface area contributed by atoms with Crippen LogP contribution in [0.3, 0.4) is 0 Å². The third kappa shape index (κ3) is 2.97. The van der Waals surface area contributed by atoms with E-state index in [9.17, 15) is 8.42 Å². The molecule has 0 aliphatic rings. The number of hydrogen-bond donors (Lipinski definition) is 2. The van der Waals surface area contributed by atoms with Gasteiger partial charge in [-0.05, 0) is 42.5 Å². The summed E-state index contributed by atoms with van der Waals surface area (Å²) in [7, 11) is -3.58. The predicted molar refractivity (Wildman–Crippen MR) is 78.7 cm³/mol. The molecular weight excluding hydrogens is 280 g/mol. The molecule has 4 nitrogen and oxygen atoms in total. The Labute approximate surface area is 117 Å². The van der Waals surface area contributed by atoms with E-state index in [4.69, 9.17) is 5.73 Å². The van der Waals surface area contributed by atoms with Crippen molar-refractivity contribution in [3.63, 3.8) is 0 Å². The molecule has 6 heteroatoms. The monoisotopic (exact) mass is 296 g/mol. The molecule has 2 rings (SSSR count). The van der Waals surface area contributed by atoms with E-state index in [1.807, 2.05) is 18.4 Å². The van der Waals surface area contributed by atoms with Gasteiger partial charge in [0.15, 0.2) is 0 Å². The van der Waals surface area contributed by atoms with Crippen LogP contribution >= 0.6 is 11.3 Å². The number of rotatable bonds is 4. The number of sulfonamides is 1. The lowest BCUT2D eigenvalue weighted by Crippen LogP contribution is -2.24. The number of nitrogens with one attached hydrogen (secondary N) is 1. The van der Waals surface area contributed by atoms with Crippen molar-refractivity contribution in [2.24, 2.45) is 0 Å². The normalized spacial score (nSPS) is 11.7. The Bertz CT molecular complexity index is 670. The van der Waals surface area contributed by atoms with Crippen molar-refractivity contribution in [1.82, 2.24) is 4.72 Å². The van der Waals surface area contributed by atoms with Gasteiger partial charge in [-0.3, -0.25) is 0 Å². The summed E-state index contributed by atoms with van der Waals surface area (Å²) in [5, 5.41) is 1.95. The van der Waals surface area contributed by atoms with E-state index in [1.165, 1.54) is 11.3 Å². The molecule has 1 heterocycles. The van der Waals surface area contributed by atoms with Crippen molar-refractivity contribution < 1.29 is 8.42 Å². The van der Waals surface area contributed by atoms with Crippen LogP contribution in [0.2, 0.25) is 0 Å². The van der Waals surface area contributed by atoms with Crippen LogP contribution < -0.4 is 10.5 Å². The van der Waals surface area contributed by atoms with Crippen LogP contribution in [0.5, 0.6) is 0 Å². The summed E-state index contributed by atoms with van der Waals surface area (Å²) < 4.78 is 27.2. The zero-order valence-corrected chi connectivity index (χ0v) is 12.4. The summed E-state index contributed by atoms with van der Waals surface area (Å²) in [6.07, 6.45) is 0. The summed E-state index contributed by atoms with van der Waals surface area (Å²) in [6.45, 7) is 3.99. The molecule has 0 fully saturated rings. The van der Waals surface area contributed by atoms with E-state index in [0.29, 0.717) is 12.1 Å². The third-order valence-electron chi connectivity index (χ3n) is 2.90. The van der Waals surface area contributed by atoms with Crippen LogP contribution in [0.25, 0.3) is 0 Å². The van der Waals surface area contributed by atoms with Crippen LogP contribution in [-0.4, -0.2) is 8.42 Å². The van der Waals surface area contributed by atoms with Crippen LogP contribution in [0.15, 0.2) is 34.5 Å². The minimum Gasteiger partial charge on any atom is -0.398 e. The molecule has 3 N–H and O–H groups in total. The highest BCUT2D eigenvalue weighted by Gasteiger charge is 2.19. The van der Waals surface area contributed by atoms with Crippen LogP contribution in [-0.2, 0) is 16.6 Å². The topological polar surface area (TPSA) is 72.2 Å². The van der Waals surface area contributed by atoms with E-state index < -0.39 is 10.0 Å². The summed E-state index contributed by atoms with van der Waals surface area (Å²) in [5.74, 6) is 0. The van der Waals surface area contributed by atoms with E-state index in [0.717, 1.165) is 10.4 Å². The van der Waals surface area contributed by atoms with Gasteiger partial charge in [0, 0.05) is 11.4 Å². The van der Waals surface area contributed by atoms with E-state index in [2.05, 4.69) is 4.72 Å². The molecule has 19 heavy (non-hydrogen) atoms. The number of aryl methyl sites for hydroxylation is 2. The maximum Gasteiger partial charge on any atom is 0.243 e. The van der Waals surface area contributed by atoms with Gasteiger partial charge in [0.1, 0.15) is 4.90 Å². The Morgan fingerprint density at radius 1 is 1.21 bits per heavy atom. The van der Waals surface area contributed by atoms with E-state index in [-0.39, 0.29) is 10.6 Å². The number of anilines is 1. The van der Waals surface area contributed by atoms with Crippen molar-refractivity contribution in [3.05, 3.63) is 45.6 Å². The average molecular weight is 296 g/mol. The van der Waals surface area contributed by atoms with E-state index >= 15 is 0 Å². The van der Waals surface area contributed by atoms with Gasteiger partial charge in [0.05, 0.1) is 5.69 Å². The summed E-state index contributed by atoms with van der Waals surface area (Å²) in [6, 6.07) is 7.04. The minimum absolute atomic E-state index is 0.171. The third-order valence-corrected chi connectivity index (χ3v) is 5.54. The number of thiophene rings is 1. The van der Waals surface area contributed by atoms with Crippen LogP contribution in [0.1, 0.15) is 16.0 Å². The summed E-state index contributed by atoms with van der Waals surface area (Å²) >= 11 is 1.54. The van der Waals surface area contributed by atoms with Gasteiger partial charge in [-0.1, -0.05) is 12.1 Å². The first-order chi connectivity index (χ1) is 8.92. The highest BCUT2D eigenvalue weighted by molar-refractivity contribution is 7.89. The van der Waals surface area contributed by atoms with Crippen molar-refractivity contribution in [1.29, 1.82) is 0 Å². The van der Waals surface area contributed by atoms with Gasteiger partial charge < -0.3 is 5.73 Å². The van der Waals surface area contributed by atoms with Gasteiger partial charge in [-0.25, -0.2) is 13.1 Å². The highest BCUT2D eigenvalue weighted by Crippen LogP contribution is 2.23. The Hall–Kier alpha value is -1.37. The number of benzene rings is 1. The number of nitrogens with two attached hydrogens (primary N) is 1. The molecule has 0 bridgehead atoms. The lowest BCUT2D eigenvalue weighted by Gasteiger charge is -2.11. The molecule has 0 atom stereocenters. The maximum absolute atomic E-state index is 12.3. The molecule has 0 amide bonds. The molecule has 0 spiro atoms. The van der Waals surface area contributed by atoms with Crippen molar-refractivity contribution in [2.75, 3.05) is 5.73 Å². The molecule has 1 aromatic carbocycles. The first kappa shape index (κ1) is 14.0. The van der Waals surface area contributed by atoms with Crippen molar-refractivity contribution in [3.8, 4) is 0 Å². The Morgan fingerprint density at radius 3 is 2.53 bits per heavy atom. The zero-order valence-electron chi connectivity index (χ0n) is 10.8. The second-order valence-corrected chi connectivity index (χ2v) is 7.05. The fraction of sp³-hybridized carbons (Fsp3) is 0.231.